The average Bonchev–Trinajstić information content (AvgIpc) is 2.23. The number of carbonyl (C=O) groups excluding carboxylic acids is 2. The zero-order chi connectivity index (χ0) is 13.8. The Balaban J connectivity index is 2.75. The number of halogens is 3. The van der Waals surface area contributed by atoms with Crippen LogP contribution < -0.4 is 4.74 Å². The molecule has 0 unspecified atom stereocenters. The number of ether oxygens (including phenoxy) is 2. The predicted molar refractivity (Wildman–Crippen MR) is 54.1 cm³/mol. The van der Waals surface area contributed by atoms with Gasteiger partial charge < -0.3 is 9.47 Å². The summed E-state index contributed by atoms with van der Waals surface area (Å²) in [7, 11) is 0. The van der Waals surface area contributed by atoms with E-state index in [1.807, 2.05) is 0 Å². The van der Waals surface area contributed by atoms with Gasteiger partial charge in [-0.05, 0) is 12.1 Å². The van der Waals surface area contributed by atoms with Crippen LogP contribution >= 0.6 is 0 Å². The number of alkyl halides is 3. The van der Waals surface area contributed by atoms with Gasteiger partial charge in [-0.15, -0.1) is 13.2 Å². The Hall–Kier alpha value is -2.05. The fraction of sp³-hybridized carbons (Fsp3) is 0.273. The molecule has 0 heterocycles. The average molecular weight is 262 g/mol. The predicted octanol–water partition coefficient (Wildman–Crippen LogP) is 2.33. The topological polar surface area (TPSA) is 52.6 Å². The lowest BCUT2D eigenvalue weighted by atomic mass is 10.1. The minimum atomic E-state index is -4.82. The quantitative estimate of drug-likeness (QED) is 0.617. The first-order valence-electron chi connectivity index (χ1n) is 4.80. The first-order valence-corrected chi connectivity index (χ1v) is 4.80. The molecule has 0 bridgehead atoms. The standard InChI is InChI=1S/C11H9F3O4/c1-7(15)17-6-10(16)8-3-2-4-9(5-8)18-11(12,13)14/h2-5H,6H2,1H3. The van der Waals surface area contributed by atoms with Crippen LogP contribution in [0.1, 0.15) is 17.3 Å². The first kappa shape index (κ1) is 14.0. The highest BCUT2D eigenvalue weighted by Gasteiger charge is 2.31. The maximum atomic E-state index is 12.0. The Kier molecular flexibility index (Phi) is 4.30. The zero-order valence-electron chi connectivity index (χ0n) is 9.28. The fourth-order valence-electron chi connectivity index (χ4n) is 1.12. The second kappa shape index (κ2) is 5.52. The van der Waals surface area contributed by atoms with Crippen molar-refractivity contribution >= 4 is 11.8 Å². The minimum Gasteiger partial charge on any atom is -0.457 e. The van der Waals surface area contributed by atoms with Crippen molar-refractivity contribution in [2.45, 2.75) is 13.3 Å². The van der Waals surface area contributed by atoms with Crippen LogP contribution in [0.25, 0.3) is 0 Å². The maximum absolute atomic E-state index is 12.0. The number of carbonyl (C=O) groups is 2. The van der Waals surface area contributed by atoms with E-state index in [2.05, 4.69) is 9.47 Å². The molecule has 0 N–H and O–H groups in total. The fourth-order valence-corrected chi connectivity index (χ4v) is 1.12. The van der Waals surface area contributed by atoms with Gasteiger partial charge in [0.05, 0.1) is 0 Å². The van der Waals surface area contributed by atoms with Crippen LogP contribution in [0.2, 0.25) is 0 Å². The Bertz CT molecular complexity index is 454. The molecule has 0 aliphatic carbocycles. The molecule has 0 fully saturated rings. The van der Waals surface area contributed by atoms with Crippen molar-refractivity contribution in [3.8, 4) is 5.75 Å². The highest BCUT2D eigenvalue weighted by molar-refractivity contribution is 5.98. The number of Topliss-reactive ketones (excluding diaryl/α,β-unsaturated/α-hetero) is 1. The molecule has 0 aliphatic rings. The number of hydrogen-bond donors (Lipinski definition) is 0. The molecule has 18 heavy (non-hydrogen) atoms. The number of rotatable bonds is 4. The van der Waals surface area contributed by atoms with Crippen molar-refractivity contribution in [3.05, 3.63) is 29.8 Å². The summed E-state index contributed by atoms with van der Waals surface area (Å²) in [5.41, 5.74) is -0.0296. The van der Waals surface area contributed by atoms with E-state index in [0.717, 1.165) is 19.1 Å². The third-order valence-electron chi connectivity index (χ3n) is 1.80. The molecule has 7 heteroatoms. The van der Waals surface area contributed by atoms with Crippen molar-refractivity contribution in [1.82, 2.24) is 0 Å². The molecule has 4 nitrogen and oxygen atoms in total. The lowest BCUT2D eigenvalue weighted by Gasteiger charge is -2.09. The summed E-state index contributed by atoms with van der Waals surface area (Å²) in [4.78, 5) is 21.9. The van der Waals surface area contributed by atoms with Crippen LogP contribution in [0.5, 0.6) is 5.75 Å². The third kappa shape index (κ3) is 4.86. The summed E-state index contributed by atoms with van der Waals surface area (Å²) >= 11 is 0. The molecule has 0 spiro atoms. The van der Waals surface area contributed by atoms with Crippen molar-refractivity contribution in [1.29, 1.82) is 0 Å². The Labute approximate surface area is 100 Å². The number of hydrogen-bond acceptors (Lipinski definition) is 4. The van der Waals surface area contributed by atoms with Gasteiger partial charge in [-0.3, -0.25) is 9.59 Å². The second-order valence-electron chi connectivity index (χ2n) is 3.28. The van der Waals surface area contributed by atoms with Crippen molar-refractivity contribution in [2.24, 2.45) is 0 Å². The van der Waals surface area contributed by atoms with E-state index in [0.29, 0.717) is 0 Å². The molecule has 0 amide bonds. The smallest absolute Gasteiger partial charge is 0.457 e. The molecule has 0 radical (unpaired) electrons. The van der Waals surface area contributed by atoms with Crippen LogP contribution in [-0.2, 0) is 9.53 Å². The highest BCUT2D eigenvalue weighted by Crippen LogP contribution is 2.23. The number of benzene rings is 1. The lowest BCUT2D eigenvalue weighted by molar-refractivity contribution is -0.274. The summed E-state index contributed by atoms with van der Waals surface area (Å²) in [6.07, 6.45) is -4.82. The van der Waals surface area contributed by atoms with Gasteiger partial charge in [-0.1, -0.05) is 12.1 Å². The van der Waals surface area contributed by atoms with Crippen molar-refractivity contribution in [3.63, 3.8) is 0 Å². The summed E-state index contributed by atoms with van der Waals surface area (Å²) in [5.74, 6) is -1.76. The van der Waals surface area contributed by atoms with E-state index in [-0.39, 0.29) is 5.56 Å². The van der Waals surface area contributed by atoms with Gasteiger partial charge in [0.25, 0.3) is 0 Å². The Morgan fingerprint density at radius 3 is 2.50 bits per heavy atom. The summed E-state index contributed by atoms with van der Waals surface area (Å²) < 4.78 is 44.0. The molecule has 0 aliphatic heterocycles. The van der Waals surface area contributed by atoms with Crippen molar-refractivity contribution < 1.29 is 32.2 Å². The normalized spacial score (nSPS) is 10.9. The van der Waals surface area contributed by atoms with Gasteiger partial charge >= 0.3 is 12.3 Å². The monoisotopic (exact) mass is 262 g/mol. The Morgan fingerprint density at radius 2 is 1.94 bits per heavy atom. The van der Waals surface area contributed by atoms with E-state index in [1.54, 1.807) is 0 Å². The molecule has 1 aromatic rings. The number of esters is 1. The van der Waals surface area contributed by atoms with Gasteiger partial charge in [0.1, 0.15) is 5.75 Å². The van der Waals surface area contributed by atoms with Crippen LogP contribution in [0, 0.1) is 0 Å². The third-order valence-corrected chi connectivity index (χ3v) is 1.80. The van der Waals surface area contributed by atoms with Crippen LogP contribution in [-0.4, -0.2) is 24.7 Å². The molecular formula is C11H9F3O4. The van der Waals surface area contributed by atoms with Gasteiger partial charge in [0.15, 0.2) is 12.4 Å². The number of ketones is 1. The van der Waals surface area contributed by atoms with E-state index in [1.165, 1.54) is 12.1 Å². The molecule has 0 atom stereocenters. The largest absolute Gasteiger partial charge is 0.573 e. The van der Waals surface area contributed by atoms with Crippen LogP contribution in [0.3, 0.4) is 0 Å². The summed E-state index contributed by atoms with van der Waals surface area (Å²) in [6, 6.07) is 4.53. The minimum absolute atomic E-state index is 0.0296. The van der Waals surface area contributed by atoms with Crippen LogP contribution in [0.15, 0.2) is 24.3 Å². The summed E-state index contributed by atoms with van der Waals surface area (Å²) in [5, 5.41) is 0. The molecule has 0 aromatic heterocycles. The highest BCUT2D eigenvalue weighted by atomic mass is 19.4. The van der Waals surface area contributed by atoms with E-state index in [4.69, 9.17) is 0 Å². The molecule has 0 saturated heterocycles. The van der Waals surface area contributed by atoms with Gasteiger partial charge in [0, 0.05) is 12.5 Å². The lowest BCUT2D eigenvalue weighted by Crippen LogP contribution is -2.17. The molecule has 1 aromatic carbocycles. The van der Waals surface area contributed by atoms with E-state index in [9.17, 15) is 22.8 Å². The first-order chi connectivity index (χ1) is 8.28. The van der Waals surface area contributed by atoms with E-state index < -0.39 is 30.5 Å². The van der Waals surface area contributed by atoms with Gasteiger partial charge in [0.2, 0.25) is 0 Å². The maximum Gasteiger partial charge on any atom is 0.573 e. The van der Waals surface area contributed by atoms with E-state index >= 15 is 0 Å². The second-order valence-corrected chi connectivity index (χ2v) is 3.28. The van der Waals surface area contributed by atoms with Crippen LogP contribution in [0.4, 0.5) is 13.2 Å². The van der Waals surface area contributed by atoms with Crippen molar-refractivity contribution in [2.75, 3.05) is 6.61 Å². The molecular weight excluding hydrogens is 253 g/mol. The van der Waals surface area contributed by atoms with Gasteiger partial charge in [-0.2, -0.15) is 0 Å². The van der Waals surface area contributed by atoms with Gasteiger partial charge in [-0.25, -0.2) is 0 Å². The summed E-state index contributed by atoms with van der Waals surface area (Å²) in [6.45, 7) is 0.598. The molecule has 98 valence electrons. The molecule has 0 saturated carbocycles. The zero-order valence-corrected chi connectivity index (χ0v) is 9.28. The molecule has 1 rings (SSSR count). The SMILES string of the molecule is CC(=O)OCC(=O)c1cccc(OC(F)(F)F)c1. The Morgan fingerprint density at radius 1 is 1.28 bits per heavy atom.